The maximum absolute atomic E-state index is 12.4. The highest BCUT2D eigenvalue weighted by Gasteiger charge is 2.09. The summed E-state index contributed by atoms with van der Waals surface area (Å²) in [4.78, 5) is 23.6. The fraction of sp³-hybridized carbons (Fsp3) is 0.250. The maximum atomic E-state index is 12.4. The number of nitrogens with one attached hydrogen (secondary N) is 2. The van der Waals surface area contributed by atoms with Gasteiger partial charge in [0, 0.05) is 23.4 Å². The molecule has 142 valence electrons. The zero-order valence-electron chi connectivity index (χ0n) is 15.3. The molecule has 6 nitrogen and oxygen atoms in total. The quantitative estimate of drug-likeness (QED) is 0.411. The van der Waals surface area contributed by atoms with Gasteiger partial charge in [-0.2, -0.15) is 0 Å². The number of ketones is 1. The number of rotatable bonds is 8. The molecule has 0 saturated carbocycles. The Balaban J connectivity index is 1.90. The van der Waals surface area contributed by atoms with Gasteiger partial charge < -0.3 is 14.8 Å². The van der Waals surface area contributed by atoms with Crippen LogP contribution in [0.5, 0.6) is 5.75 Å². The molecule has 0 atom stereocenters. The van der Waals surface area contributed by atoms with Crippen LogP contribution in [0.4, 0.5) is 5.69 Å². The van der Waals surface area contributed by atoms with E-state index in [1.807, 2.05) is 6.92 Å². The van der Waals surface area contributed by atoms with Crippen LogP contribution in [-0.2, 0) is 4.74 Å². The second-order valence-corrected chi connectivity index (χ2v) is 6.02. The zero-order valence-corrected chi connectivity index (χ0v) is 16.1. The normalized spacial score (nSPS) is 10.1. The fourth-order valence-electron chi connectivity index (χ4n) is 2.22. The summed E-state index contributed by atoms with van der Waals surface area (Å²) in [5, 5.41) is 5.70. The van der Waals surface area contributed by atoms with Crippen molar-refractivity contribution >= 4 is 34.7 Å². The Hall–Kier alpha value is -2.77. The van der Waals surface area contributed by atoms with Crippen molar-refractivity contribution in [1.29, 1.82) is 0 Å². The van der Waals surface area contributed by atoms with Crippen molar-refractivity contribution in [2.45, 2.75) is 13.8 Å². The van der Waals surface area contributed by atoms with Gasteiger partial charge in [-0.15, -0.1) is 0 Å². The van der Waals surface area contributed by atoms with Crippen molar-refractivity contribution in [3.05, 3.63) is 59.7 Å². The fourth-order valence-corrected chi connectivity index (χ4v) is 2.43. The molecule has 0 aromatic heterocycles. The zero-order chi connectivity index (χ0) is 19.6. The highest BCUT2D eigenvalue weighted by Crippen LogP contribution is 2.14. The molecule has 2 aromatic carbocycles. The van der Waals surface area contributed by atoms with E-state index in [9.17, 15) is 9.59 Å². The van der Waals surface area contributed by atoms with Gasteiger partial charge in [0.05, 0.1) is 6.61 Å². The molecule has 0 saturated heterocycles. The molecule has 0 aliphatic rings. The summed E-state index contributed by atoms with van der Waals surface area (Å²) in [6.07, 6.45) is 0. The molecular formula is C20H22N2O4S. The van der Waals surface area contributed by atoms with Gasteiger partial charge >= 0.3 is 0 Å². The first kappa shape index (κ1) is 20.5. The Kier molecular flexibility index (Phi) is 7.91. The van der Waals surface area contributed by atoms with Gasteiger partial charge in [0.15, 0.2) is 10.9 Å². The lowest BCUT2D eigenvalue weighted by Gasteiger charge is -2.11. The first-order chi connectivity index (χ1) is 13.0. The van der Waals surface area contributed by atoms with Crippen LogP contribution in [0.3, 0.4) is 0 Å². The van der Waals surface area contributed by atoms with Gasteiger partial charge in [0.1, 0.15) is 12.4 Å². The minimum atomic E-state index is -0.344. The van der Waals surface area contributed by atoms with Gasteiger partial charge in [-0.05, 0) is 68.5 Å². The molecule has 7 heteroatoms. The summed E-state index contributed by atoms with van der Waals surface area (Å²) in [5.41, 5.74) is 1.72. The molecule has 0 unspecified atom stereocenters. The lowest BCUT2D eigenvalue weighted by molar-refractivity contribution is 0.0974. The van der Waals surface area contributed by atoms with Crippen LogP contribution in [0.1, 0.15) is 34.6 Å². The first-order valence-electron chi connectivity index (χ1n) is 8.53. The van der Waals surface area contributed by atoms with E-state index in [1.165, 1.54) is 6.92 Å². The minimum absolute atomic E-state index is 0.0132. The summed E-state index contributed by atoms with van der Waals surface area (Å²) in [5.74, 6) is 0.227. The lowest BCUT2D eigenvalue weighted by Crippen LogP contribution is -2.34. The number of anilines is 1. The third-order valence-electron chi connectivity index (χ3n) is 3.57. The molecule has 2 rings (SSSR count). The number of carbonyl (C=O) groups is 2. The summed E-state index contributed by atoms with van der Waals surface area (Å²) in [6, 6.07) is 13.7. The van der Waals surface area contributed by atoms with Crippen LogP contribution in [0.2, 0.25) is 0 Å². The van der Waals surface area contributed by atoms with Gasteiger partial charge in [-0.25, -0.2) is 0 Å². The Morgan fingerprint density at radius 3 is 2.44 bits per heavy atom. The van der Waals surface area contributed by atoms with Gasteiger partial charge in [0.2, 0.25) is 0 Å². The number of thiocarbonyl (C=S) groups is 1. The molecule has 2 aromatic rings. The molecule has 0 spiro atoms. The monoisotopic (exact) mass is 386 g/mol. The van der Waals surface area contributed by atoms with Gasteiger partial charge in [-0.1, -0.05) is 6.07 Å². The SMILES string of the molecule is CCOCCOc1cccc(C(=O)NC(=S)Nc2ccc(C(C)=O)cc2)c1. The second-order valence-electron chi connectivity index (χ2n) is 5.62. The number of Topliss-reactive ketones (excluding diaryl/α,β-unsaturated/α-hetero) is 1. The standard InChI is InChI=1S/C20H22N2O4S/c1-3-25-11-12-26-18-6-4-5-16(13-18)19(24)22-20(27)21-17-9-7-15(8-10-17)14(2)23/h4-10,13H,3,11-12H2,1-2H3,(H2,21,22,24,27). The Labute approximate surface area is 163 Å². The molecule has 0 aliphatic carbocycles. The molecule has 0 heterocycles. The number of hydrogen-bond donors (Lipinski definition) is 2. The number of benzene rings is 2. The highest BCUT2D eigenvalue weighted by atomic mass is 32.1. The third-order valence-corrected chi connectivity index (χ3v) is 3.78. The molecule has 0 radical (unpaired) electrons. The van der Waals surface area contributed by atoms with Crippen LogP contribution in [0.25, 0.3) is 0 Å². The van der Waals surface area contributed by atoms with E-state index < -0.39 is 0 Å². The number of ether oxygens (including phenoxy) is 2. The second kappa shape index (κ2) is 10.4. The van der Waals surface area contributed by atoms with Crippen LogP contribution in [0.15, 0.2) is 48.5 Å². The van der Waals surface area contributed by atoms with Gasteiger partial charge in [0.25, 0.3) is 5.91 Å². The Morgan fingerprint density at radius 1 is 1.04 bits per heavy atom. The highest BCUT2D eigenvalue weighted by molar-refractivity contribution is 7.80. The van der Waals surface area contributed by atoms with Crippen LogP contribution >= 0.6 is 12.2 Å². The van der Waals surface area contributed by atoms with E-state index >= 15 is 0 Å². The van der Waals surface area contributed by atoms with E-state index in [-0.39, 0.29) is 16.8 Å². The summed E-state index contributed by atoms with van der Waals surface area (Å²) >= 11 is 5.17. The van der Waals surface area contributed by atoms with Crippen LogP contribution < -0.4 is 15.4 Å². The van der Waals surface area contributed by atoms with E-state index in [0.29, 0.717) is 42.4 Å². The van der Waals surface area contributed by atoms with E-state index in [4.69, 9.17) is 21.7 Å². The van der Waals surface area contributed by atoms with E-state index in [2.05, 4.69) is 10.6 Å². The van der Waals surface area contributed by atoms with Crippen LogP contribution in [-0.4, -0.2) is 36.6 Å². The van der Waals surface area contributed by atoms with Gasteiger partial charge in [-0.3, -0.25) is 14.9 Å². The largest absolute Gasteiger partial charge is 0.491 e. The molecule has 0 aliphatic heterocycles. The topological polar surface area (TPSA) is 76.7 Å². The van der Waals surface area contributed by atoms with Crippen LogP contribution in [0, 0.1) is 0 Å². The number of hydrogen-bond acceptors (Lipinski definition) is 5. The minimum Gasteiger partial charge on any atom is -0.491 e. The van der Waals surface area contributed by atoms with E-state index in [0.717, 1.165) is 0 Å². The summed E-state index contributed by atoms with van der Waals surface area (Å²) < 4.78 is 10.8. The van der Waals surface area contributed by atoms with Crippen molar-refractivity contribution in [3.63, 3.8) is 0 Å². The van der Waals surface area contributed by atoms with Crippen molar-refractivity contribution < 1.29 is 19.1 Å². The number of carbonyl (C=O) groups excluding carboxylic acids is 2. The van der Waals surface area contributed by atoms with Crippen molar-refractivity contribution in [1.82, 2.24) is 5.32 Å². The summed E-state index contributed by atoms with van der Waals surface area (Å²) in [6.45, 7) is 4.95. The Bertz CT molecular complexity index is 806. The molecule has 2 N–H and O–H groups in total. The summed E-state index contributed by atoms with van der Waals surface area (Å²) in [7, 11) is 0. The average molecular weight is 386 g/mol. The molecular weight excluding hydrogens is 364 g/mol. The first-order valence-corrected chi connectivity index (χ1v) is 8.94. The number of amides is 1. The maximum Gasteiger partial charge on any atom is 0.257 e. The third kappa shape index (κ3) is 6.80. The van der Waals surface area contributed by atoms with Crippen molar-refractivity contribution in [2.24, 2.45) is 0 Å². The Morgan fingerprint density at radius 2 is 1.78 bits per heavy atom. The lowest BCUT2D eigenvalue weighted by atomic mass is 10.1. The smallest absolute Gasteiger partial charge is 0.257 e. The molecule has 0 fully saturated rings. The predicted octanol–water partition coefficient (Wildman–Crippen LogP) is 3.43. The predicted molar refractivity (Wildman–Crippen MR) is 109 cm³/mol. The molecule has 0 bridgehead atoms. The molecule has 27 heavy (non-hydrogen) atoms. The average Bonchev–Trinajstić information content (AvgIpc) is 2.66. The van der Waals surface area contributed by atoms with E-state index in [1.54, 1.807) is 48.5 Å². The van der Waals surface area contributed by atoms with Crippen molar-refractivity contribution in [3.8, 4) is 5.75 Å². The molecule has 1 amide bonds. The van der Waals surface area contributed by atoms with Crippen molar-refractivity contribution in [2.75, 3.05) is 25.1 Å².